The molecule has 0 amide bonds. The van der Waals surface area contributed by atoms with E-state index in [1.807, 2.05) is 12.3 Å². The number of para-hydroxylation sites is 1. The number of aromatic nitrogens is 1. The molecule has 0 aliphatic carbocycles. The Balaban J connectivity index is 1.77. The highest BCUT2D eigenvalue weighted by Crippen LogP contribution is 2.22. The summed E-state index contributed by atoms with van der Waals surface area (Å²) in [4.78, 5) is 4.47. The van der Waals surface area contributed by atoms with E-state index in [9.17, 15) is 0 Å². The average Bonchev–Trinajstić information content (AvgIpc) is 2.53. The average molecular weight is 262 g/mol. The smallest absolute Gasteiger partial charge is 0.0933 e. The van der Waals surface area contributed by atoms with E-state index < -0.39 is 0 Å². The Bertz CT molecular complexity index is 687. The zero-order valence-corrected chi connectivity index (χ0v) is 11.6. The number of hydrogen-bond acceptors (Lipinski definition) is 2. The fourth-order valence-electron chi connectivity index (χ4n) is 2.41. The lowest BCUT2D eigenvalue weighted by Crippen LogP contribution is -2.10. The Hall–Kier alpha value is -2.35. The summed E-state index contributed by atoms with van der Waals surface area (Å²) < 4.78 is 0. The third-order valence-electron chi connectivity index (χ3n) is 3.60. The van der Waals surface area contributed by atoms with Gasteiger partial charge in [-0.05, 0) is 23.6 Å². The standard InChI is InChI=1S/C18H18N2/c1-14(15-7-3-2-4-8-15)13-20-17-11-5-9-16-10-6-12-19-18(16)17/h2-12,14,20H,13H2,1H3. The maximum absolute atomic E-state index is 4.47. The second-order valence-corrected chi connectivity index (χ2v) is 5.07. The number of nitrogens with one attached hydrogen (secondary N) is 1. The number of pyridine rings is 1. The molecule has 0 aliphatic heterocycles. The second kappa shape index (κ2) is 5.74. The Labute approximate surface area is 119 Å². The van der Waals surface area contributed by atoms with Crippen LogP contribution in [0.3, 0.4) is 0 Å². The van der Waals surface area contributed by atoms with Crippen molar-refractivity contribution >= 4 is 16.6 Å². The fourth-order valence-corrected chi connectivity index (χ4v) is 2.41. The van der Waals surface area contributed by atoms with Gasteiger partial charge < -0.3 is 5.32 Å². The number of benzene rings is 2. The highest BCUT2D eigenvalue weighted by atomic mass is 14.9. The maximum Gasteiger partial charge on any atom is 0.0933 e. The van der Waals surface area contributed by atoms with Crippen LogP contribution < -0.4 is 5.32 Å². The van der Waals surface area contributed by atoms with Gasteiger partial charge >= 0.3 is 0 Å². The number of hydrogen-bond donors (Lipinski definition) is 1. The molecule has 3 aromatic rings. The lowest BCUT2D eigenvalue weighted by Gasteiger charge is -2.15. The number of rotatable bonds is 4. The molecule has 1 unspecified atom stereocenters. The molecule has 1 heterocycles. The van der Waals surface area contributed by atoms with Crippen molar-refractivity contribution in [1.82, 2.24) is 4.98 Å². The van der Waals surface area contributed by atoms with Crippen molar-refractivity contribution in [1.29, 1.82) is 0 Å². The van der Waals surface area contributed by atoms with Crippen LogP contribution >= 0.6 is 0 Å². The van der Waals surface area contributed by atoms with Gasteiger partial charge in [0.15, 0.2) is 0 Å². The molecule has 0 aliphatic rings. The predicted molar refractivity (Wildman–Crippen MR) is 85.1 cm³/mol. The summed E-state index contributed by atoms with van der Waals surface area (Å²) in [5.74, 6) is 0.468. The van der Waals surface area contributed by atoms with E-state index >= 15 is 0 Å². The molecule has 0 bridgehead atoms. The third-order valence-corrected chi connectivity index (χ3v) is 3.60. The van der Waals surface area contributed by atoms with E-state index in [1.54, 1.807) is 0 Å². The van der Waals surface area contributed by atoms with Crippen LogP contribution in [0.5, 0.6) is 0 Å². The molecule has 0 saturated heterocycles. The van der Waals surface area contributed by atoms with Crippen molar-refractivity contribution in [3.05, 3.63) is 72.4 Å². The normalized spacial score (nSPS) is 12.2. The minimum atomic E-state index is 0.468. The Morgan fingerprint density at radius 3 is 2.60 bits per heavy atom. The van der Waals surface area contributed by atoms with Gasteiger partial charge in [-0.25, -0.2) is 0 Å². The van der Waals surface area contributed by atoms with Crippen molar-refractivity contribution in [2.24, 2.45) is 0 Å². The first kappa shape index (κ1) is 12.7. The zero-order valence-electron chi connectivity index (χ0n) is 11.6. The number of anilines is 1. The van der Waals surface area contributed by atoms with Gasteiger partial charge in [-0.3, -0.25) is 4.98 Å². The number of nitrogens with zero attached hydrogens (tertiary/aromatic N) is 1. The maximum atomic E-state index is 4.47. The monoisotopic (exact) mass is 262 g/mol. The van der Waals surface area contributed by atoms with Crippen molar-refractivity contribution in [3.63, 3.8) is 0 Å². The lowest BCUT2D eigenvalue weighted by atomic mass is 10.0. The molecule has 0 saturated carbocycles. The topological polar surface area (TPSA) is 24.9 Å². The molecule has 2 nitrogen and oxygen atoms in total. The van der Waals surface area contributed by atoms with Crippen LogP contribution in [0.25, 0.3) is 10.9 Å². The van der Waals surface area contributed by atoms with Crippen molar-refractivity contribution in [2.45, 2.75) is 12.8 Å². The van der Waals surface area contributed by atoms with Gasteiger partial charge in [0.1, 0.15) is 0 Å². The molecule has 1 atom stereocenters. The summed E-state index contributed by atoms with van der Waals surface area (Å²) in [6.45, 7) is 3.14. The highest BCUT2D eigenvalue weighted by Gasteiger charge is 2.06. The van der Waals surface area contributed by atoms with E-state index in [1.165, 1.54) is 10.9 Å². The second-order valence-electron chi connectivity index (χ2n) is 5.07. The number of fused-ring (bicyclic) bond motifs is 1. The summed E-state index contributed by atoms with van der Waals surface area (Å²) >= 11 is 0. The largest absolute Gasteiger partial charge is 0.383 e. The molecular weight excluding hydrogens is 244 g/mol. The van der Waals surface area contributed by atoms with Crippen LogP contribution in [0.15, 0.2) is 66.9 Å². The van der Waals surface area contributed by atoms with E-state index in [2.05, 4.69) is 71.8 Å². The third kappa shape index (κ3) is 2.64. The van der Waals surface area contributed by atoms with Gasteiger partial charge in [0.05, 0.1) is 11.2 Å². The van der Waals surface area contributed by atoms with Gasteiger partial charge in [-0.1, -0.05) is 55.5 Å². The Morgan fingerprint density at radius 1 is 0.950 bits per heavy atom. The van der Waals surface area contributed by atoms with E-state index in [0.717, 1.165) is 17.7 Å². The van der Waals surface area contributed by atoms with Crippen LogP contribution in [0.4, 0.5) is 5.69 Å². The summed E-state index contributed by atoms with van der Waals surface area (Å²) in [5.41, 5.74) is 3.49. The molecule has 20 heavy (non-hydrogen) atoms. The summed E-state index contributed by atoms with van der Waals surface area (Å²) in [6, 6.07) is 20.9. The van der Waals surface area contributed by atoms with Crippen LogP contribution in [0.2, 0.25) is 0 Å². The van der Waals surface area contributed by atoms with Crippen LogP contribution in [-0.4, -0.2) is 11.5 Å². The molecule has 100 valence electrons. The first-order valence-electron chi connectivity index (χ1n) is 6.97. The van der Waals surface area contributed by atoms with Crippen molar-refractivity contribution < 1.29 is 0 Å². The molecular formula is C18H18N2. The summed E-state index contributed by atoms with van der Waals surface area (Å²) in [7, 11) is 0. The quantitative estimate of drug-likeness (QED) is 0.751. The van der Waals surface area contributed by atoms with Crippen LogP contribution in [-0.2, 0) is 0 Å². The molecule has 1 aromatic heterocycles. The summed E-state index contributed by atoms with van der Waals surface area (Å²) in [5, 5.41) is 4.69. The Morgan fingerprint density at radius 2 is 1.75 bits per heavy atom. The molecule has 2 heteroatoms. The SMILES string of the molecule is CC(CNc1cccc2cccnc12)c1ccccc1. The van der Waals surface area contributed by atoms with Gasteiger partial charge in [0.2, 0.25) is 0 Å². The minimum absolute atomic E-state index is 0.468. The van der Waals surface area contributed by atoms with E-state index in [-0.39, 0.29) is 0 Å². The first-order chi connectivity index (χ1) is 9.84. The zero-order chi connectivity index (χ0) is 13.8. The Kier molecular flexibility index (Phi) is 3.64. The van der Waals surface area contributed by atoms with Crippen LogP contribution in [0.1, 0.15) is 18.4 Å². The van der Waals surface area contributed by atoms with Gasteiger partial charge in [-0.2, -0.15) is 0 Å². The summed E-state index contributed by atoms with van der Waals surface area (Å²) in [6.07, 6.45) is 1.84. The minimum Gasteiger partial charge on any atom is -0.383 e. The van der Waals surface area contributed by atoms with E-state index in [0.29, 0.717) is 5.92 Å². The molecule has 3 rings (SSSR count). The van der Waals surface area contributed by atoms with Crippen molar-refractivity contribution in [2.75, 3.05) is 11.9 Å². The van der Waals surface area contributed by atoms with Gasteiger partial charge in [0.25, 0.3) is 0 Å². The van der Waals surface area contributed by atoms with Crippen LogP contribution in [0, 0.1) is 0 Å². The van der Waals surface area contributed by atoms with Crippen molar-refractivity contribution in [3.8, 4) is 0 Å². The highest BCUT2D eigenvalue weighted by molar-refractivity contribution is 5.90. The predicted octanol–water partition coefficient (Wildman–Crippen LogP) is 4.45. The van der Waals surface area contributed by atoms with Gasteiger partial charge in [0, 0.05) is 18.1 Å². The van der Waals surface area contributed by atoms with Gasteiger partial charge in [-0.15, -0.1) is 0 Å². The first-order valence-corrected chi connectivity index (χ1v) is 6.97. The molecule has 1 N–H and O–H groups in total. The lowest BCUT2D eigenvalue weighted by molar-refractivity contribution is 0.805. The molecule has 0 radical (unpaired) electrons. The molecule has 2 aromatic carbocycles. The molecule has 0 spiro atoms. The van der Waals surface area contributed by atoms with E-state index in [4.69, 9.17) is 0 Å². The fraction of sp³-hybridized carbons (Fsp3) is 0.167. The molecule has 0 fully saturated rings.